The second-order valence-electron chi connectivity index (χ2n) is 9.55. The monoisotopic (exact) mass is 577 g/mol. The first-order valence-corrected chi connectivity index (χ1v) is 13.6. The molecule has 40 heavy (non-hydrogen) atoms. The highest BCUT2D eigenvalue weighted by molar-refractivity contribution is 7.07. The van der Waals surface area contributed by atoms with Crippen molar-refractivity contribution in [1.82, 2.24) is 4.57 Å². The lowest BCUT2D eigenvalue weighted by atomic mass is 9.96. The Morgan fingerprint density at radius 3 is 2.58 bits per heavy atom. The number of rotatable bonds is 6. The van der Waals surface area contributed by atoms with Crippen LogP contribution in [0.2, 0.25) is 5.02 Å². The fourth-order valence-electron chi connectivity index (χ4n) is 4.49. The molecule has 1 unspecified atom stereocenters. The molecule has 1 aliphatic heterocycles. The molecule has 1 atom stereocenters. The third-order valence-electron chi connectivity index (χ3n) is 6.36. The Hall–Kier alpha value is -4.28. The quantitative estimate of drug-likeness (QED) is 0.174. The summed E-state index contributed by atoms with van der Waals surface area (Å²) in [4.78, 5) is 42.9. The molecule has 0 bridgehead atoms. The van der Waals surface area contributed by atoms with Crippen LogP contribution in [0.15, 0.2) is 80.1 Å². The molecule has 5 rings (SSSR count). The zero-order chi connectivity index (χ0) is 28.7. The second-order valence-corrected chi connectivity index (χ2v) is 11.0. The van der Waals surface area contributed by atoms with Crippen molar-refractivity contribution in [3.8, 4) is 11.3 Å². The van der Waals surface area contributed by atoms with Crippen molar-refractivity contribution >= 4 is 40.7 Å². The Morgan fingerprint density at radius 2 is 1.90 bits per heavy atom. The molecule has 3 heterocycles. The first kappa shape index (κ1) is 27.3. The van der Waals surface area contributed by atoms with Crippen LogP contribution in [0, 0.1) is 17.0 Å². The fourth-order valence-corrected chi connectivity index (χ4v) is 5.65. The molecule has 0 saturated carbocycles. The minimum atomic E-state index is -0.762. The number of esters is 1. The molecule has 2 aromatic carbocycles. The highest BCUT2D eigenvalue weighted by atomic mass is 35.5. The summed E-state index contributed by atoms with van der Waals surface area (Å²) in [6.07, 6.45) is 1.24. The average Bonchev–Trinajstić information content (AvgIpc) is 3.48. The lowest BCUT2D eigenvalue weighted by Crippen LogP contribution is -2.40. The van der Waals surface area contributed by atoms with Crippen molar-refractivity contribution in [3.63, 3.8) is 0 Å². The number of thiazole rings is 1. The van der Waals surface area contributed by atoms with Gasteiger partial charge in [0.25, 0.3) is 11.2 Å². The van der Waals surface area contributed by atoms with Crippen LogP contribution in [0.5, 0.6) is 0 Å². The number of ether oxygens (including phenoxy) is 1. The van der Waals surface area contributed by atoms with E-state index < -0.39 is 16.9 Å². The van der Waals surface area contributed by atoms with E-state index in [4.69, 9.17) is 20.8 Å². The summed E-state index contributed by atoms with van der Waals surface area (Å²) < 4.78 is 13.3. The van der Waals surface area contributed by atoms with Gasteiger partial charge in [0.05, 0.1) is 32.9 Å². The van der Waals surface area contributed by atoms with E-state index in [1.54, 1.807) is 82.3 Å². The first-order chi connectivity index (χ1) is 19.0. The number of benzene rings is 2. The molecular formula is C29H24ClN3O6S. The van der Waals surface area contributed by atoms with Crippen molar-refractivity contribution in [2.75, 3.05) is 0 Å². The molecule has 11 heteroatoms. The van der Waals surface area contributed by atoms with Crippen LogP contribution in [0.3, 0.4) is 0 Å². The Kier molecular flexibility index (Phi) is 7.31. The molecule has 0 saturated heterocycles. The largest absolute Gasteiger partial charge is 0.459 e. The number of allylic oxidation sites excluding steroid dienone is 1. The molecule has 0 fully saturated rings. The Labute approximate surface area is 237 Å². The van der Waals surface area contributed by atoms with E-state index in [2.05, 4.69) is 4.99 Å². The molecule has 2 aromatic heterocycles. The van der Waals surface area contributed by atoms with Gasteiger partial charge < -0.3 is 9.15 Å². The van der Waals surface area contributed by atoms with Gasteiger partial charge in [0.1, 0.15) is 11.5 Å². The smallest absolute Gasteiger partial charge is 0.338 e. The molecular weight excluding hydrogens is 554 g/mol. The molecule has 0 spiro atoms. The van der Waals surface area contributed by atoms with Crippen molar-refractivity contribution in [2.24, 2.45) is 4.99 Å². The summed E-state index contributed by atoms with van der Waals surface area (Å²) in [5.41, 5.74) is 2.15. The second kappa shape index (κ2) is 10.7. The summed E-state index contributed by atoms with van der Waals surface area (Å²) in [6.45, 7) is 6.90. The number of aromatic nitrogens is 1. The number of hydrogen-bond donors (Lipinski definition) is 0. The van der Waals surface area contributed by atoms with Gasteiger partial charge in [-0.3, -0.25) is 19.5 Å². The van der Waals surface area contributed by atoms with Crippen molar-refractivity contribution in [1.29, 1.82) is 0 Å². The minimum Gasteiger partial charge on any atom is -0.459 e. The zero-order valence-electron chi connectivity index (χ0n) is 22.0. The van der Waals surface area contributed by atoms with Crippen LogP contribution in [-0.4, -0.2) is 21.6 Å². The topological polar surface area (TPSA) is 117 Å². The average molecular weight is 578 g/mol. The molecule has 9 nitrogen and oxygen atoms in total. The normalized spacial score (nSPS) is 15.2. The van der Waals surface area contributed by atoms with Crippen molar-refractivity contribution in [3.05, 3.63) is 118 Å². The van der Waals surface area contributed by atoms with E-state index in [0.29, 0.717) is 48.3 Å². The number of nitrogens with zero attached hydrogens (tertiary/aromatic N) is 3. The zero-order valence-corrected chi connectivity index (χ0v) is 23.6. The molecule has 0 aliphatic carbocycles. The maximum Gasteiger partial charge on any atom is 0.338 e. The van der Waals surface area contributed by atoms with Gasteiger partial charge >= 0.3 is 5.97 Å². The standard InChI is InChI=1S/C29H24ClN3O6S/c1-15(2)38-28(35)25-17(4)31-29-32(26(25)18-7-9-20(30)10-8-18)27(34)24(40-29)14-21-11-12-23(39-21)19-6-5-16(3)22(13-19)33(36)37/h5-15,26H,1-4H3/b24-14-. The lowest BCUT2D eigenvalue weighted by molar-refractivity contribution is -0.385. The number of aryl methyl sites for hydroxylation is 1. The van der Waals surface area contributed by atoms with Gasteiger partial charge in [0.15, 0.2) is 4.80 Å². The summed E-state index contributed by atoms with van der Waals surface area (Å²) in [6, 6.07) is 14.4. The summed E-state index contributed by atoms with van der Waals surface area (Å²) in [5, 5.41) is 11.9. The number of nitro benzene ring substituents is 1. The van der Waals surface area contributed by atoms with Crippen LogP contribution in [-0.2, 0) is 9.53 Å². The van der Waals surface area contributed by atoms with Gasteiger partial charge in [0, 0.05) is 28.3 Å². The van der Waals surface area contributed by atoms with Gasteiger partial charge in [-0.1, -0.05) is 47.2 Å². The molecule has 0 N–H and O–H groups in total. The number of halogens is 1. The summed E-state index contributed by atoms with van der Waals surface area (Å²) in [5.74, 6) is 0.269. The summed E-state index contributed by atoms with van der Waals surface area (Å²) >= 11 is 7.28. The van der Waals surface area contributed by atoms with Gasteiger partial charge in [-0.2, -0.15) is 0 Å². The fraction of sp³-hybridized carbons (Fsp3) is 0.207. The minimum absolute atomic E-state index is 0.00636. The van der Waals surface area contributed by atoms with Crippen LogP contribution < -0.4 is 14.9 Å². The number of fused-ring (bicyclic) bond motifs is 1. The van der Waals surface area contributed by atoms with Crippen LogP contribution in [0.25, 0.3) is 17.4 Å². The summed E-state index contributed by atoms with van der Waals surface area (Å²) in [7, 11) is 0. The van der Waals surface area contributed by atoms with Gasteiger partial charge in [-0.15, -0.1) is 0 Å². The Bertz CT molecular complexity index is 1860. The van der Waals surface area contributed by atoms with Gasteiger partial charge in [0.2, 0.25) is 0 Å². The number of furan rings is 1. The predicted molar refractivity (Wildman–Crippen MR) is 152 cm³/mol. The number of hydrogen-bond acceptors (Lipinski definition) is 8. The number of carbonyl (C=O) groups is 1. The maximum absolute atomic E-state index is 13.8. The Balaban J connectivity index is 1.61. The maximum atomic E-state index is 13.8. The van der Waals surface area contributed by atoms with E-state index in [0.717, 1.165) is 0 Å². The third kappa shape index (κ3) is 5.15. The molecule has 1 aliphatic rings. The van der Waals surface area contributed by atoms with Crippen LogP contribution in [0.1, 0.15) is 43.7 Å². The molecule has 4 aromatic rings. The predicted octanol–water partition coefficient (Wildman–Crippen LogP) is 5.32. The van der Waals surface area contributed by atoms with E-state index in [1.807, 2.05) is 0 Å². The lowest BCUT2D eigenvalue weighted by Gasteiger charge is -2.25. The number of nitro groups is 1. The van der Waals surface area contributed by atoms with E-state index >= 15 is 0 Å². The highest BCUT2D eigenvalue weighted by Crippen LogP contribution is 2.32. The van der Waals surface area contributed by atoms with E-state index in [-0.39, 0.29) is 22.9 Å². The van der Waals surface area contributed by atoms with Gasteiger partial charge in [-0.05, 0) is 57.5 Å². The SMILES string of the molecule is CC1=C(C(=O)OC(C)C)C(c2ccc(Cl)cc2)n2c(s/c(=C\c3ccc(-c4ccc(C)c([N+](=O)[O-])c4)o3)c2=O)=N1. The van der Waals surface area contributed by atoms with E-state index in [1.165, 1.54) is 22.0 Å². The molecule has 204 valence electrons. The van der Waals surface area contributed by atoms with E-state index in [9.17, 15) is 19.7 Å². The van der Waals surface area contributed by atoms with Crippen LogP contribution >= 0.6 is 22.9 Å². The highest BCUT2D eigenvalue weighted by Gasteiger charge is 2.33. The van der Waals surface area contributed by atoms with Crippen molar-refractivity contribution < 1.29 is 18.9 Å². The van der Waals surface area contributed by atoms with Crippen molar-refractivity contribution in [2.45, 2.75) is 39.8 Å². The number of carbonyl (C=O) groups excluding carboxylic acids is 1. The van der Waals surface area contributed by atoms with Crippen LogP contribution in [0.4, 0.5) is 5.69 Å². The Morgan fingerprint density at radius 1 is 1.18 bits per heavy atom. The van der Waals surface area contributed by atoms with Gasteiger partial charge in [-0.25, -0.2) is 9.79 Å². The molecule has 0 radical (unpaired) electrons. The molecule has 0 amide bonds. The first-order valence-electron chi connectivity index (χ1n) is 12.4. The third-order valence-corrected chi connectivity index (χ3v) is 7.60.